The minimum atomic E-state index is -0.231. The fourth-order valence-electron chi connectivity index (χ4n) is 2.76. The van der Waals surface area contributed by atoms with Crippen LogP contribution in [0.25, 0.3) is 16.8 Å². The second kappa shape index (κ2) is 8.34. The van der Waals surface area contributed by atoms with Crippen LogP contribution in [-0.4, -0.2) is 17.5 Å². The quantitative estimate of drug-likeness (QED) is 0.343. The Morgan fingerprint density at radius 3 is 2.77 bits per heavy atom. The molecule has 0 aliphatic carbocycles. The zero-order valence-electron chi connectivity index (χ0n) is 14.8. The molecule has 0 saturated heterocycles. The van der Waals surface area contributed by atoms with E-state index in [1.165, 1.54) is 6.08 Å². The van der Waals surface area contributed by atoms with Crippen molar-refractivity contribution in [3.8, 4) is 11.5 Å². The van der Waals surface area contributed by atoms with Gasteiger partial charge in [-0.05, 0) is 41.6 Å². The molecule has 0 spiro atoms. The Morgan fingerprint density at radius 2 is 1.92 bits per heavy atom. The Hall–Kier alpha value is -3.07. The largest absolute Gasteiger partial charge is 0.507 e. The average molecular weight is 346 g/mol. The molecule has 0 fully saturated rings. The van der Waals surface area contributed by atoms with Crippen LogP contribution in [0.5, 0.6) is 11.5 Å². The molecular weight excluding hydrogens is 324 g/mol. The maximum atomic E-state index is 12.5. The van der Waals surface area contributed by atoms with Gasteiger partial charge in [0.15, 0.2) is 5.78 Å². The maximum absolute atomic E-state index is 12.5. The zero-order valence-corrected chi connectivity index (χ0v) is 14.8. The molecule has 0 atom stereocenters. The summed E-state index contributed by atoms with van der Waals surface area (Å²) < 4.78 is 5.69. The van der Waals surface area contributed by atoms with E-state index in [1.54, 1.807) is 12.1 Å². The van der Waals surface area contributed by atoms with E-state index in [-0.39, 0.29) is 11.5 Å². The molecule has 3 nitrogen and oxygen atoms in total. The standard InChI is InChI=1S/C23H22O3/c1-2-3-15-26-19-9-6-7-17(16-19)11-14-22(24)21-13-12-18-8-4-5-10-20(18)23(21)25/h4-14,16,25H,2-3,15H2,1H3/b14-11+. The van der Waals surface area contributed by atoms with E-state index in [0.717, 1.165) is 29.5 Å². The number of ether oxygens (including phenoxy) is 1. The highest BCUT2D eigenvalue weighted by molar-refractivity contribution is 6.11. The molecule has 132 valence electrons. The van der Waals surface area contributed by atoms with Crippen LogP contribution >= 0.6 is 0 Å². The summed E-state index contributed by atoms with van der Waals surface area (Å²) in [5.41, 5.74) is 1.18. The highest BCUT2D eigenvalue weighted by atomic mass is 16.5. The van der Waals surface area contributed by atoms with E-state index in [4.69, 9.17) is 4.74 Å². The Morgan fingerprint density at radius 1 is 1.08 bits per heavy atom. The fourth-order valence-corrected chi connectivity index (χ4v) is 2.76. The Bertz CT molecular complexity index is 941. The number of phenolic OH excluding ortho intramolecular Hbond substituents is 1. The van der Waals surface area contributed by atoms with Gasteiger partial charge in [-0.15, -0.1) is 0 Å². The van der Waals surface area contributed by atoms with Gasteiger partial charge in [0.05, 0.1) is 12.2 Å². The van der Waals surface area contributed by atoms with Gasteiger partial charge in [0.2, 0.25) is 0 Å². The van der Waals surface area contributed by atoms with Crippen molar-refractivity contribution < 1.29 is 14.6 Å². The van der Waals surface area contributed by atoms with Gasteiger partial charge in [-0.3, -0.25) is 4.79 Å². The first-order valence-electron chi connectivity index (χ1n) is 8.85. The second-order valence-electron chi connectivity index (χ2n) is 6.15. The molecule has 0 amide bonds. The van der Waals surface area contributed by atoms with Crippen LogP contribution in [0.2, 0.25) is 0 Å². The summed E-state index contributed by atoms with van der Waals surface area (Å²) in [6, 6.07) is 18.6. The second-order valence-corrected chi connectivity index (χ2v) is 6.15. The summed E-state index contributed by atoms with van der Waals surface area (Å²) in [5, 5.41) is 12.0. The number of fused-ring (bicyclic) bond motifs is 1. The van der Waals surface area contributed by atoms with Crippen LogP contribution in [0.15, 0.2) is 66.7 Å². The van der Waals surface area contributed by atoms with Gasteiger partial charge in [-0.25, -0.2) is 0 Å². The molecule has 0 radical (unpaired) electrons. The van der Waals surface area contributed by atoms with Crippen molar-refractivity contribution in [1.29, 1.82) is 0 Å². The van der Waals surface area contributed by atoms with Crippen LogP contribution in [0.4, 0.5) is 0 Å². The van der Waals surface area contributed by atoms with Gasteiger partial charge in [-0.2, -0.15) is 0 Å². The molecule has 0 saturated carbocycles. The molecule has 0 heterocycles. The summed E-state index contributed by atoms with van der Waals surface area (Å²) >= 11 is 0. The van der Waals surface area contributed by atoms with Gasteiger partial charge < -0.3 is 9.84 Å². The third-order valence-electron chi connectivity index (χ3n) is 4.22. The number of phenols is 1. The Labute approximate surface area is 153 Å². The van der Waals surface area contributed by atoms with Crippen LogP contribution in [0.3, 0.4) is 0 Å². The summed E-state index contributed by atoms with van der Waals surface area (Å²) in [6.07, 6.45) is 5.32. The molecule has 0 aromatic heterocycles. The summed E-state index contributed by atoms with van der Waals surface area (Å²) in [4.78, 5) is 12.5. The lowest BCUT2D eigenvalue weighted by Gasteiger charge is -2.06. The van der Waals surface area contributed by atoms with Gasteiger partial charge in [0.1, 0.15) is 11.5 Å². The molecule has 0 bridgehead atoms. The Balaban J connectivity index is 1.77. The van der Waals surface area contributed by atoms with E-state index in [0.29, 0.717) is 17.6 Å². The van der Waals surface area contributed by atoms with E-state index in [1.807, 2.05) is 54.6 Å². The van der Waals surface area contributed by atoms with Crippen molar-refractivity contribution in [2.45, 2.75) is 19.8 Å². The number of allylic oxidation sites excluding steroid dienone is 1. The van der Waals surface area contributed by atoms with Crippen LogP contribution in [0, 0.1) is 0 Å². The summed E-state index contributed by atoms with van der Waals surface area (Å²) in [6.45, 7) is 2.81. The van der Waals surface area contributed by atoms with E-state index >= 15 is 0 Å². The Kier molecular flexibility index (Phi) is 5.69. The zero-order chi connectivity index (χ0) is 18.4. The number of carbonyl (C=O) groups excluding carboxylic acids is 1. The number of ketones is 1. The average Bonchev–Trinajstić information content (AvgIpc) is 2.67. The summed E-state index contributed by atoms with van der Waals surface area (Å²) in [7, 11) is 0. The molecule has 3 aromatic rings. The van der Waals surface area contributed by atoms with Gasteiger partial charge in [0, 0.05) is 5.39 Å². The molecule has 0 aliphatic heterocycles. The molecule has 0 aliphatic rings. The first-order chi connectivity index (χ1) is 12.7. The highest BCUT2D eigenvalue weighted by Gasteiger charge is 2.11. The lowest BCUT2D eigenvalue weighted by Crippen LogP contribution is -1.97. The monoisotopic (exact) mass is 346 g/mol. The lowest BCUT2D eigenvalue weighted by molar-refractivity contribution is 0.104. The number of hydrogen-bond acceptors (Lipinski definition) is 3. The number of hydrogen-bond donors (Lipinski definition) is 1. The van der Waals surface area contributed by atoms with Gasteiger partial charge in [-0.1, -0.05) is 61.9 Å². The number of benzene rings is 3. The minimum Gasteiger partial charge on any atom is -0.507 e. The van der Waals surface area contributed by atoms with Crippen LogP contribution in [0.1, 0.15) is 35.7 Å². The topological polar surface area (TPSA) is 46.5 Å². The van der Waals surface area contributed by atoms with Gasteiger partial charge >= 0.3 is 0 Å². The molecule has 26 heavy (non-hydrogen) atoms. The first-order valence-corrected chi connectivity index (χ1v) is 8.85. The normalized spacial score (nSPS) is 11.1. The third kappa shape index (κ3) is 4.12. The predicted octanol–water partition coefficient (Wildman–Crippen LogP) is 5.62. The minimum absolute atomic E-state index is 0.0226. The van der Waals surface area contributed by atoms with E-state index < -0.39 is 0 Å². The molecular formula is C23H22O3. The summed E-state index contributed by atoms with van der Waals surface area (Å²) in [5.74, 6) is 0.585. The van der Waals surface area contributed by atoms with Crippen molar-refractivity contribution >= 4 is 22.6 Å². The molecule has 3 aromatic carbocycles. The highest BCUT2D eigenvalue weighted by Crippen LogP contribution is 2.29. The van der Waals surface area contributed by atoms with Crippen molar-refractivity contribution in [1.82, 2.24) is 0 Å². The van der Waals surface area contributed by atoms with Crippen molar-refractivity contribution in [3.63, 3.8) is 0 Å². The number of aromatic hydroxyl groups is 1. The predicted molar refractivity (Wildman–Crippen MR) is 106 cm³/mol. The maximum Gasteiger partial charge on any atom is 0.189 e. The molecule has 0 unspecified atom stereocenters. The van der Waals surface area contributed by atoms with Crippen LogP contribution < -0.4 is 4.74 Å². The van der Waals surface area contributed by atoms with Crippen molar-refractivity contribution in [2.75, 3.05) is 6.61 Å². The first kappa shape index (κ1) is 17.7. The van der Waals surface area contributed by atoms with E-state index in [2.05, 4.69) is 6.92 Å². The third-order valence-corrected chi connectivity index (χ3v) is 4.22. The van der Waals surface area contributed by atoms with Crippen LogP contribution in [-0.2, 0) is 0 Å². The lowest BCUT2D eigenvalue weighted by atomic mass is 10.0. The molecule has 3 heteroatoms. The fraction of sp³-hybridized carbons (Fsp3) is 0.174. The molecule has 1 N–H and O–H groups in total. The smallest absolute Gasteiger partial charge is 0.189 e. The van der Waals surface area contributed by atoms with Gasteiger partial charge in [0.25, 0.3) is 0 Å². The number of unbranched alkanes of at least 4 members (excludes halogenated alkanes) is 1. The molecule has 3 rings (SSSR count). The number of rotatable bonds is 7. The van der Waals surface area contributed by atoms with Crippen molar-refractivity contribution in [3.05, 3.63) is 77.9 Å². The number of carbonyl (C=O) groups is 1. The van der Waals surface area contributed by atoms with Crippen molar-refractivity contribution in [2.24, 2.45) is 0 Å². The SMILES string of the molecule is CCCCOc1cccc(/C=C/C(=O)c2ccc3ccccc3c2O)c1. The van der Waals surface area contributed by atoms with E-state index in [9.17, 15) is 9.90 Å².